The number of benzene rings is 1. The van der Waals surface area contributed by atoms with E-state index in [9.17, 15) is 14.0 Å². The Morgan fingerprint density at radius 3 is 2.86 bits per heavy atom. The van der Waals surface area contributed by atoms with Crippen LogP contribution < -0.4 is 4.74 Å². The molecule has 0 radical (unpaired) electrons. The van der Waals surface area contributed by atoms with Crippen LogP contribution in [-0.4, -0.2) is 12.2 Å². The summed E-state index contributed by atoms with van der Waals surface area (Å²) in [7, 11) is 0. The lowest BCUT2D eigenvalue weighted by Crippen LogP contribution is -2.01. The van der Waals surface area contributed by atoms with Crippen LogP contribution >= 0.6 is 0 Å². The fraction of sp³-hybridized carbons (Fsp3) is 0.111. The standard InChI is InChI=1S/C9H6FNO3/c1-6-4-7(2-3-8(6)10)14-9(13)11-5-12/h2-4H,1H3. The van der Waals surface area contributed by atoms with Crippen LogP contribution in [-0.2, 0) is 4.79 Å². The maximum atomic E-state index is 12.8. The number of halogens is 1. The lowest BCUT2D eigenvalue weighted by molar-refractivity contribution is 0.211. The second kappa shape index (κ2) is 4.30. The van der Waals surface area contributed by atoms with Crippen LogP contribution in [0.5, 0.6) is 5.75 Å². The van der Waals surface area contributed by atoms with Gasteiger partial charge in [-0.2, -0.15) is 0 Å². The van der Waals surface area contributed by atoms with Gasteiger partial charge in [-0.25, -0.2) is 14.0 Å². The lowest BCUT2D eigenvalue weighted by atomic mass is 10.2. The molecule has 0 fully saturated rings. The van der Waals surface area contributed by atoms with Crippen molar-refractivity contribution >= 4 is 12.2 Å². The molecule has 0 atom stereocenters. The van der Waals surface area contributed by atoms with Gasteiger partial charge >= 0.3 is 6.09 Å². The molecule has 0 aliphatic carbocycles. The number of hydrogen-bond donors (Lipinski definition) is 0. The van der Waals surface area contributed by atoms with E-state index in [0.717, 1.165) is 12.1 Å². The number of carbonyl (C=O) groups excluding carboxylic acids is 2. The third kappa shape index (κ3) is 2.50. The Labute approximate surface area is 79.0 Å². The Kier molecular flexibility index (Phi) is 3.09. The summed E-state index contributed by atoms with van der Waals surface area (Å²) in [4.78, 5) is 23.0. The molecule has 0 saturated heterocycles. The van der Waals surface area contributed by atoms with Gasteiger partial charge in [0.15, 0.2) is 0 Å². The van der Waals surface area contributed by atoms with Gasteiger partial charge in [0, 0.05) is 0 Å². The smallest absolute Gasteiger partial charge is 0.408 e. The van der Waals surface area contributed by atoms with Gasteiger partial charge in [0.1, 0.15) is 11.6 Å². The fourth-order valence-electron chi connectivity index (χ4n) is 0.842. The van der Waals surface area contributed by atoms with E-state index >= 15 is 0 Å². The summed E-state index contributed by atoms with van der Waals surface area (Å²) in [6, 6.07) is 3.75. The molecule has 0 unspecified atom stereocenters. The normalized spacial score (nSPS) is 9.00. The molecule has 0 N–H and O–H groups in total. The third-order valence-corrected chi connectivity index (χ3v) is 1.47. The highest BCUT2D eigenvalue weighted by Crippen LogP contribution is 2.16. The highest BCUT2D eigenvalue weighted by atomic mass is 19.1. The van der Waals surface area contributed by atoms with Crippen molar-refractivity contribution in [2.45, 2.75) is 6.92 Å². The molecule has 5 heteroatoms. The Bertz CT molecular complexity index is 411. The zero-order chi connectivity index (χ0) is 10.6. The first kappa shape index (κ1) is 10.1. The number of carbonyl (C=O) groups is 1. The number of ether oxygens (including phenoxy) is 1. The van der Waals surface area contributed by atoms with Crippen molar-refractivity contribution in [3.8, 4) is 5.75 Å². The summed E-state index contributed by atoms with van der Waals surface area (Å²) < 4.78 is 17.3. The fourth-order valence-corrected chi connectivity index (χ4v) is 0.842. The minimum Gasteiger partial charge on any atom is -0.408 e. The molecule has 72 valence electrons. The number of amides is 1. The number of aryl methyl sites for hydroxylation is 1. The molecule has 14 heavy (non-hydrogen) atoms. The van der Waals surface area contributed by atoms with Gasteiger partial charge in [-0.3, -0.25) is 0 Å². The summed E-state index contributed by atoms with van der Waals surface area (Å²) in [6.07, 6.45) is -0.0377. The summed E-state index contributed by atoms with van der Waals surface area (Å²) in [6.45, 7) is 1.52. The molecule has 0 aromatic heterocycles. The van der Waals surface area contributed by atoms with E-state index in [-0.39, 0.29) is 5.75 Å². The Hall–Kier alpha value is -2.00. The Morgan fingerprint density at radius 2 is 2.29 bits per heavy atom. The summed E-state index contributed by atoms with van der Waals surface area (Å²) in [5.41, 5.74) is 0.338. The highest BCUT2D eigenvalue weighted by Gasteiger charge is 2.04. The molecule has 0 bridgehead atoms. The summed E-state index contributed by atoms with van der Waals surface area (Å²) >= 11 is 0. The van der Waals surface area contributed by atoms with Crippen LogP contribution in [0.25, 0.3) is 0 Å². The van der Waals surface area contributed by atoms with Crippen LogP contribution in [0.1, 0.15) is 5.56 Å². The van der Waals surface area contributed by atoms with Crippen molar-refractivity contribution in [1.82, 2.24) is 0 Å². The van der Waals surface area contributed by atoms with Crippen molar-refractivity contribution in [3.05, 3.63) is 29.6 Å². The van der Waals surface area contributed by atoms with Crippen LogP contribution in [0.2, 0.25) is 0 Å². The minimum absolute atomic E-state index is 0.132. The largest absolute Gasteiger partial charge is 0.450 e. The Balaban J connectivity index is 2.83. The Morgan fingerprint density at radius 1 is 1.57 bits per heavy atom. The lowest BCUT2D eigenvalue weighted by Gasteiger charge is -2.01. The van der Waals surface area contributed by atoms with Gasteiger partial charge in [0.2, 0.25) is 6.08 Å². The predicted octanol–water partition coefficient (Wildman–Crippen LogP) is 1.97. The van der Waals surface area contributed by atoms with Crippen molar-refractivity contribution in [2.24, 2.45) is 4.99 Å². The van der Waals surface area contributed by atoms with Crippen molar-refractivity contribution in [1.29, 1.82) is 0 Å². The minimum atomic E-state index is -1.08. The number of hydrogen-bond acceptors (Lipinski definition) is 3. The molecule has 1 rings (SSSR count). The summed E-state index contributed by atoms with van der Waals surface area (Å²) in [5, 5.41) is 0. The molecular formula is C9H6FNO3. The van der Waals surface area contributed by atoms with Crippen molar-refractivity contribution < 1.29 is 18.7 Å². The van der Waals surface area contributed by atoms with E-state index in [0.29, 0.717) is 5.56 Å². The topological polar surface area (TPSA) is 55.7 Å². The zero-order valence-electron chi connectivity index (χ0n) is 7.28. The van der Waals surface area contributed by atoms with Crippen molar-refractivity contribution in [3.63, 3.8) is 0 Å². The first-order chi connectivity index (χ1) is 6.63. The van der Waals surface area contributed by atoms with E-state index in [1.807, 2.05) is 0 Å². The molecule has 1 aromatic carbocycles. The van der Waals surface area contributed by atoms with Crippen LogP contribution in [0.15, 0.2) is 23.2 Å². The molecule has 0 saturated carbocycles. The van der Waals surface area contributed by atoms with Crippen LogP contribution in [0.4, 0.5) is 9.18 Å². The van der Waals surface area contributed by atoms with Gasteiger partial charge in [0.25, 0.3) is 0 Å². The number of rotatable bonds is 1. The molecule has 1 amide bonds. The average molecular weight is 195 g/mol. The molecule has 4 nitrogen and oxygen atoms in total. The third-order valence-electron chi connectivity index (χ3n) is 1.47. The molecular weight excluding hydrogens is 189 g/mol. The molecule has 1 aromatic rings. The van der Waals surface area contributed by atoms with Crippen molar-refractivity contribution in [2.75, 3.05) is 0 Å². The van der Waals surface area contributed by atoms with Gasteiger partial charge in [-0.05, 0) is 30.7 Å². The molecule has 0 aliphatic heterocycles. The van der Waals surface area contributed by atoms with E-state index < -0.39 is 11.9 Å². The maximum Gasteiger partial charge on any atom is 0.450 e. The first-order valence-corrected chi connectivity index (χ1v) is 3.69. The average Bonchev–Trinajstić information content (AvgIpc) is 2.12. The van der Waals surface area contributed by atoms with Crippen LogP contribution in [0.3, 0.4) is 0 Å². The van der Waals surface area contributed by atoms with Crippen LogP contribution in [0, 0.1) is 12.7 Å². The van der Waals surface area contributed by atoms with E-state index in [1.165, 1.54) is 19.1 Å². The summed E-state index contributed by atoms with van der Waals surface area (Å²) in [5.74, 6) is -0.267. The zero-order valence-corrected chi connectivity index (χ0v) is 7.28. The molecule has 0 heterocycles. The monoisotopic (exact) mass is 195 g/mol. The number of aliphatic imine (C=N–C) groups is 1. The van der Waals surface area contributed by atoms with E-state index in [1.54, 1.807) is 0 Å². The van der Waals surface area contributed by atoms with E-state index in [2.05, 4.69) is 9.73 Å². The highest BCUT2D eigenvalue weighted by molar-refractivity contribution is 5.76. The second-order valence-corrected chi connectivity index (χ2v) is 2.48. The molecule has 0 spiro atoms. The van der Waals surface area contributed by atoms with E-state index in [4.69, 9.17) is 0 Å². The predicted molar refractivity (Wildman–Crippen MR) is 45.3 cm³/mol. The first-order valence-electron chi connectivity index (χ1n) is 3.69. The second-order valence-electron chi connectivity index (χ2n) is 2.48. The maximum absolute atomic E-state index is 12.8. The number of nitrogens with zero attached hydrogens (tertiary/aromatic N) is 1. The molecule has 0 aliphatic rings. The van der Waals surface area contributed by atoms with Gasteiger partial charge in [-0.15, -0.1) is 0 Å². The van der Waals surface area contributed by atoms with Gasteiger partial charge in [-0.1, -0.05) is 4.99 Å². The number of isocyanates is 1. The van der Waals surface area contributed by atoms with Gasteiger partial charge in [0.05, 0.1) is 0 Å². The quantitative estimate of drug-likeness (QED) is 0.508. The van der Waals surface area contributed by atoms with Gasteiger partial charge < -0.3 is 4.74 Å². The SMILES string of the molecule is Cc1cc(OC(=O)N=C=O)ccc1F.